The van der Waals surface area contributed by atoms with Crippen LogP contribution < -0.4 is 0 Å². The van der Waals surface area contributed by atoms with Gasteiger partial charge in [0.1, 0.15) is 0 Å². The molecule has 3 aromatic carbocycles. The molecule has 128 valence electrons. The maximum absolute atomic E-state index is 4.08. The van der Waals surface area contributed by atoms with Gasteiger partial charge in [0, 0.05) is 10.6 Å². The summed E-state index contributed by atoms with van der Waals surface area (Å²) in [5.41, 5.74) is 4.95. The lowest BCUT2D eigenvalue weighted by molar-refractivity contribution is 1.61. The van der Waals surface area contributed by atoms with Gasteiger partial charge in [0.05, 0.1) is 4.29 Å². The van der Waals surface area contributed by atoms with Crippen molar-refractivity contribution in [1.29, 1.82) is 0 Å². The minimum absolute atomic E-state index is 1.23. The Labute approximate surface area is 170 Å². The lowest BCUT2D eigenvalue weighted by Gasteiger charge is -2.26. The van der Waals surface area contributed by atoms with E-state index >= 15 is 0 Å². The lowest BCUT2D eigenvalue weighted by Crippen LogP contribution is -2.03. The first kappa shape index (κ1) is 17.8. The van der Waals surface area contributed by atoms with Crippen molar-refractivity contribution in [2.75, 3.05) is 0 Å². The first-order chi connectivity index (χ1) is 12.7. The van der Waals surface area contributed by atoms with Gasteiger partial charge in [-0.15, -0.1) is 0 Å². The van der Waals surface area contributed by atoms with Crippen LogP contribution in [0, 0.1) is 0 Å². The number of hydrogen-bond acceptors (Lipinski definition) is 0. The second-order valence-electron chi connectivity index (χ2n) is 6.13. The van der Waals surface area contributed by atoms with Crippen molar-refractivity contribution >= 4 is 51.5 Å². The Morgan fingerprint density at radius 3 is 1.50 bits per heavy atom. The molecule has 0 N–H and O–H groups in total. The van der Waals surface area contributed by atoms with Gasteiger partial charge in [-0.3, -0.25) is 0 Å². The zero-order valence-electron chi connectivity index (χ0n) is 14.0. The van der Waals surface area contributed by atoms with Crippen molar-refractivity contribution in [3.63, 3.8) is 0 Å². The van der Waals surface area contributed by atoms with Crippen LogP contribution in [0.25, 0.3) is 10.9 Å². The summed E-state index contributed by atoms with van der Waals surface area (Å²) in [6.07, 6.45) is 4.63. The number of rotatable bonds is 3. The minimum Gasteiger partial charge on any atom is -0.0622 e. The lowest BCUT2D eigenvalue weighted by atomic mass is 10.0. The van der Waals surface area contributed by atoms with E-state index in [2.05, 4.69) is 134 Å². The molecule has 0 unspecified atom stereocenters. The molecular formula is C23H17Br2P. The molecule has 0 spiro atoms. The summed E-state index contributed by atoms with van der Waals surface area (Å²) in [5.74, 6) is 0. The normalized spacial score (nSPS) is 16.0. The Balaban J connectivity index is 1.99. The van der Waals surface area contributed by atoms with Crippen LogP contribution >= 0.6 is 35.3 Å². The van der Waals surface area contributed by atoms with Crippen LogP contribution in [-0.2, 0) is 0 Å². The Hall–Kier alpha value is -1.60. The number of hydrogen-bond donors (Lipinski definition) is 0. The first-order valence-corrected chi connectivity index (χ1v) is 14.2. The van der Waals surface area contributed by atoms with Crippen molar-refractivity contribution in [3.8, 4) is 0 Å². The van der Waals surface area contributed by atoms with Gasteiger partial charge < -0.3 is 0 Å². The second kappa shape index (κ2) is 7.56. The Morgan fingerprint density at radius 1 is 0.500 bits per heavy atom. The minimum atomic E-state index is -1.83. The van der Waals surface area contributed by atoms with Crippen LogP contribution in [0.15, 0.2) is 103 Å². The molecule has 0 nitrogen and oxygen atoms in total. The van der Waals surface area contributed by atoms with Crippen LogP contribution in [0.5, 0.6) is 0 Å². The van der Waals surface area contributed by atoms with E-state index < -0.39 is 4.29 Å². The van der Waals surface area contributed by atoms with Crippen LogP contribution in [-0.4, -0.2) is 5.29 Å². The van der Waals surface area contributed by atoms with Gasteiger partial charge in [0.2, 0.25) is 0 Å². The number of benzene rings is 3. The quantitative estimate of drug-likeness (QED) is 0.331. The second-order valence-corrected chi connectivity index (χ2v) is 17.4. The van der Waals surface area contributed by atoms with Gasteiger partial charge in [0.25, 0.3) is 0 Å². The molecule has 0 radical (unpaired) electrons. The van der Waals surface area contributed by atoms with Gasteiger partial charge in [-0.25, -0.2) is 0 Å². The van der Waals surface area contributed by atoms with Gasteiger partial charge >= 0.3 is 0 Å². The van der Waals surface area contributed by atoms with Crippen LogP contribution in [0.2, 0.25) is 0 Å². The molecule has 0 bridgehead atoms. The molecule has 4 rings (SSSR count). The summed E-state index contributed by atoms with van der Waals surface area (Å²) in [6, 6.07) is 31.8. The molecule has 26 heavy (non-hydrogen) atoms. The van der Waals surface area contributed by atoms with Crippen molar-refractivity contribution in [1.82, 2.24) is 0 Å². The molecule has 1 heterocycles. The van der Waals surface area contributed by atoms with Crippen LogP contribution in [0.3, 0.4) is 0 Å². The highest BCUT2D eigenvalue weighted by molar-refractivity contribution is 9.73. The predicted octanol–water partition coefficient (Wildman–Crippen LogP) is 7.98. The predicted molar refractivity (Wildman–Crippen MR) is 124 cm³/mol. The summed E-state index contributed by atoms with van der Waals surface area (Å²) in [5, 5.41) is 2.61. The highest BCUT2D eigenvalue weighted by Gasteiger charge is 2.27. The van der Waals surface area contributed by atoms with Crippen molar-refractivity contribution < 1.29 is 0 Å². The fourth-order valence-electron chi connectivity index (χ4n) is 3.13. The van der Waals surface area contributed by atoms with Crippen molar-refractivity contribution in [3.05, 3.63) is 120 Å². The smallest absolute Gasteiger partial charge is 0.0534 e. The average molecular weight is 484 g/mol. The highest BCUT2D eigenvalue weighted by atomic mass is 79.9. The fourth-order valence-corrected chi connectivity index (χ4v) is 8.63. The Bertz CT molecular complexity index is 1020. The van der Waals surface area contributed by atoms with E-state index in [0.29, 0.717) is 0 Å². The summed E-state index contributed by atoms with van der Waals surface area (Å²) >= 11 is 8.15. The Kier molecular flexibility index (Phi) is 5.18. The molecule has 0 saturated carbocycles. The third-order valence-electron chi connectivity index (χ3n) is 4.44. The summed E-state index contributed by atoms with van der Waals surface area (Å²) < 4.78 is -1.83. The summed E-state index contributed by atoms with van der Waals surface area (Å²) in [7, 11) is 0. The monoisotopic (exact) mass is 482 g/mol. The van der Waals surface area contributed by atoms with E-state index in [0.717, 1.165) is 0 Å². The third-order valence-corrected chi connectivity index (χ3v) is 11.0. The molecule has 0 amide bonds. The molecule has 0 aliphatic carbocycles. The largest absolute Gasteiger partial charge is 0.0622 e. The summed E-state index contributed by atoms with van der Waals surface area (Å²) in [4.78, 5) is 0. The molecule has 0 atom stereocenters. The molecule has 0 aromatic heterocycles. The molecular weight excluding hydrogens is 467 g/mol. The zero-order chi connectivity index (χ0) is 18.0. The molecule has 0 fully saturated rings. The fraction of sp³-hybridized carbons (Fsp3) is 0. The van der Waals surface area contributed by atoms with Gasteiger partial charge in [-0.05, 0) is 65.4 Å². The number of halogens is 2. The van der Waals surface area contributed by atoms with Crippen LogP contribution in [0.4, 0.5) is 0 Å². The van der Waals surface area contributed by atoms with E-state index in [4.69, 9.17) is 0 Å². The standard InChI is InChI=1S/C23H17Br2P/c24-26(25)22(19-12-6-2-7-13-19)16-21(18-10-4-1-5-11-18)17-23(26)20-14-8-3-9-15-20/h1-17H. The molecule has 1 aliphatic rings. The van der Waals surface area contributed by atoms with E-state index in [-0.39, 0.29) is 0 Å². The van der Waals surface area contributed by atoms with Gasteiger partial charge in [-0.1, -0.05) is 91.0 Å². The SMILES string of the molecule is BrP1(Br)=C(c2ccccc2)C=C(c2ccccc2)C=C1c1ccccc1. The Morgan fingerprint density at radius 2 is 0.962 bits per heavy atom. The molecule has 3 heteroatoms. The van der Waals surface area contributed by atoms with Crippen LogP contribution in [0.1, 0.15) is 16.7 Å². The number of allylic oxidation sites excluding steroid dienone is 3. The van der Waals surface area contributed by atoms with Gasteiger partial charge in [0.15, 0.2) is 0 Å². The molecule has 1 aliphatic heterocycles. The third kappa shape index (κ3) is 3.47. The van der Waals surface area contributed by atoms with Gasteiger partial charge in [-0.2, -0.15) is 0 Å². The van der Waals surface area contributed by atoms with E-state index in [1.807, 2.05) is 0 Å². The average Bonchev–Trinajstić information content (AvgIpc) is 2.69. The van der Waals surface area contributed by atoms with E-state index in [1.165, 1.54) is 32.9 Å². The van der Waals surface area contributed by atoms with E-state index in [1.54, 1.807) is 0 Å². The molecule has 3 aromatic rings. The first-order valence-electron chi connectivity index (χ1n) is 8.42. The topological polar surface area (TPSA) is 0 Å². The zero-order valence-corrected chi connectivity index (χ0v) is 18.1. The maximum atomic E-state index is 4.08. The highest BCUT2D eigenvalue weighted by Crippen LogP contribution is 2.75. The summed E-state index contributed by atoms with van der Waals surface area (Å²) in [6.45, 7) is 0. The van der Waals surface area contributed by atoms with E-state index in [9.17, 15) is 0 Å². The molecule has 0 saturated heterocycles. The van der Waals surface area contributed by atoms with Crippen molar-refractivity contribution in [2.24, 2.45) is 0 Å². The maximum Gasteiger partial charge on any atom is 0.0534 e. The van der Waals surface area contributed by atoms with Crippen molar-refractivity contribution in [2.45, 2.75) is 0 Å².